The van der Waals surface area contributed by atoms with Gasteiger partial charge < -0.3 is 0 Å². The Balaban J connectivity index is 3.63. The van der Waals surface area contributed by atoms with Gasteiger partial charge in [0.05, 0.1) is 0 Å². The standard InChI is InChI=1S/C9F19NO2/c10-1(7(23,24)30-1)8(25,26)31-9(27,28)6(21,22)29(4(17,18)2(11,12)13)5(19,20)3(14,15)16. The van der Waals surface area contributed by atoms with E-state index in [0.29, 0.717) is 0 Å². The van der Waals surface area contributed by atoms with Crippen molar-refractivity contribution >= 4 is 0 Å². The molecule has 0 saturated carbocycles. The van der Waals surface area contributed by atoms with Crippen molar-refractivity contribution in [3.8, 4) is 0 Å². The molecule has 1 atom stereocenters. The Morgan fingerprint density at radius 3 is 1.06 bits per heavy atom. The summed E-state index contributed by atoms with van der Waals surface area (Å²) in [4.78, 5) is -4.89. The summed E-state index contributed by atoms with van der Waals surface area (Å²) >= 11 is 0. The molecule has 0 amide bonds. The third kappa shape index (κ3) is 3.93. The molecule has 0 aromatic heterocycles. The van der Waals surface area contributed by atoms with E-state index in [9.17, 15) is 83.4 Å². The second-order valence-electron chi connectivity index (χ2n) is 5.30. The van der Waals surface area contributed by atoms with Gasteiger partial charge in [-0.25, -0.2) is 4.74 Å². The lowest BCUT2D eigenvalue weighted by Gasteiger charge is -2.43. The number of rotatable bonds is 7. The molecule has 0 N–H and O–H groups in total. The topological polar surface area (TPSA) is 25.0 Å². The molecule has 3 nitrogen and oxygen atoms in total. The highest BCUT2D eigenvalue weighted by Crippen LogP contribution is 2.63. The van der Waals surface area contributed by atoms with Crippen LogP contribution in [-0.2, 0) is 9.47 Å². The average Bonchev–Trinajstić information content (AvgIpc) is 2.94. The number of alkyl halides is 19. The minimum atomic E-state index is -8.44. The maximum atomic E-state index is 13.5. The Morgan fingerprint density at radius 1 is 0.548 bits per heavy atom. The Labute approximate surface area is 154 Å². The lowest BCUT2D eigenvalue weighted by molar-refractivity contribution is -0.539. The zero-order valence-corrected chi connectivity index (χ0v) is 12.9. The third-order valence-electron chi connectivity index (χ3n) is 3.11. The van der Waals surface area contributed by atoms with Gasteiger partial charge >= 0.3 is 54.7 Å². The number of nitrogens with zero attached hydrogens (tertiary/aromatic N) is 1. The summed E-state index contributed by atoms with van der Waals surface area (Å²) in [6, 6.07) is -25.0. The van der Waals surface area contributed by atoms with Gasteiger partial charge in [-0.1, -0.05) is 4.90 Å². The van der Waals surface area contributed by atoms with Gasteiger partial charge in [-0.15, -0.1) is 0 Å². The van der Waals surface area contributed by atoms with E-state index in [1.54, 1.807) is 0 Å². The highest BCUT2D eigenvalue weighted by molar-refractivity contribution is 5.02. The van der Waals surface area contributed by atoms with Gasteiger partial charge in [-0.3, -0.25) is 4.74 Å². The molecule has 0 aliphatic carbocycles. The van der Waals surface area contributed by atoms with E-state index in [2.05, 4.69) is 4.74 Å². The van der Waals surface area contributed by atoms with E-state index in [1.165, 1.54) is 4.74 Å². The van der Waals surface area contributed by atoms with Crippen LogP contribution in [0, 0.1) is 0 Å². The second kappa shape index (κ2) is 6.54. The predicted octanol–water partition coefficient (Wildman–Crippen LogP) is 5.68. The fourth-order valence-corrected chi connectivity index (χ4v) is 1.58. The first-order valence-corrected chi connectivity index (χ1v) is 6.33. The van der Waals surface area contributed by atoms with Gasteiger partial charge in [0.1, 0.15) is 0 Å². The van der Waals surface area contributed by atoms with E-state index >= 15 is 0 Å². The molecular formula is C9F19NO2. The van der Waals surface area contributed by atoms with Crippen LogP contribution in [0.5, 0.6) is 0 Å². The maximum Gasteiger partial charge on any atom is 0.469 e. The van der Waals surface area contributed by atoms with E-state index in [1.807, 2.05) is 0 Å². The molecule has 1 heterocycles. The molecule has 0 aromatic carbocycles. The maximum absolute atomic E-state index is 13.5. The summed E-state index contributed by atoms with van der Waals surface area (Å²) in [6.45, 7) is 0. The molecule has 1 aliphatic heterocycles. The molecule has 1 unspecified atom stereocenters. The van der Waals surface area contributed by atoms with Gasteiger partial charge in [0.15, 0.2) is 0 Å². The Morgan fingerprint density at radius 2 is 0.839 bits per heavy atom. The summed E-state index contributed by atoms with van der Waals surface area (Å²) < 4.78 is 245. The molecule has 0 spiro atoms. The SMILES string of the molecule is FC(F)(F)C(F)(F)N(C(F)(F)C(F)(F)F)C(F)(F)C(F)(F)OC(F)(F)C1(F)OC1(F)F. The van der Waals surface area contributed by atoms with Crippen LogP contribution < -0.4 is 0 Å². The van der Waals surface area contributed by atoms with Crippen molar-refractivity contribution in [1.29, 1.82) is 0 Å². The lowest BCUT2D eigenvalue weighted by Crippen LogP contribution is -2.74. The van der Waals surface area contributed by atoms with Crippen LogP contribution in [0.15, 0.2) is 0 Å². The molecule has 1 saturated heterocycles. The fraction of sp³-hybridized carbons (Fsp3) is 1.00. The van der Waals surface area contributed by atoms with Crippen molar-refractivity contribution in [3.63, 3.8) is 0 Å². The van der Waals surface area contributed by atoms with Crippen molar-refractivity contribution in [1.82, 2.24) is 4.90 Å². The van der Waals surface area contributed by atoms with E-state index < -0.39 is 59.6 Å². The Bertz CT molecular complexity index is 667. The monoisotopic (exact) mass is 515 g/mol. The lowest BCUT2D eigenvalue weighted by atomic mass is 10.3. The van der Waals surface area contributed by atoms with E-state index in [4.69, 9.17) is 0 Å². The normalized spacial score (nSPS) is 24.0. The minimum absolute atomic E-state index is 1.41. The highest BCUT2D eigenvalue weighted by Gasteiger charge is 2.93. The largest absolute Gasteiger partial charge is 0.469 e. The zero-order valence-electron chi connectivity index (χ0n) is 12.9. The fourth-order valence-electron chi connectivity index (χ4n) is 1.58. The van der Waals surface area contributed by atoms with E-state index in [0.717, 1.165) is 0 Å². The van der Waals surface area contributed by atoms with Gasteiger partial charge in [-0.2, -0.15) is 83.4 Å². The summed E-state index contributed by atoms with van der Waals surface area (Å²) in [5.74, 6) is -6.11. The Hall–Kier alpha value is -1.45. The smallest absolute Gasteiger partial charge is 0.263 e. The number of ether oxygens (including phenoxy) is 2. The molecule has 186 valence electrons. The molecule has 0 radical (unpaired) electrons. The van der Waals surface area contributed by atoms with Gasteiger partial charge in [0.2, 0.25) is 0 Å². The predicted molar refractivity (Wildman–Crippen MR) is 49.6 cm³/mol. The first kappa shape index (κ1) is 27.6. The minimum Gasteiger partial charge on any atom is -0.263 e. The van der Waals surface area contributed by atoms with Crippen LogP contribution in [0.25, 0.3) is 0 Å². The van der Waals surface area contributed by atoms with Crippen molar-refractivity contribution in [2.45, 2.75) is 54.7 Å². The first-order chi connectivity index (χ1) is 13.0. The van der Waals surface area contributed by atoms with Gasteiger partial charge in [-0.05, 0) is 0 Å². The van der Waals surface area contributed by atoms with Crippen LogP contribution in [-0.4, -0.2) is 59.6 Å². The summed E-state index contributed by atoms with van der Waals surface area (Å²) in [7, 11) is 0. The van der Waals surface area contributed by atoms with Crippen molar-refractivity contribution < 1.29 is 92.9 Å². The summed E-state index contributed by atoms with van der Waals surface area (Å²) in [5.41, 5.74) is 0. The molecule has 0 bridgehead atoms. The molecule has 0 aromatic rings. The number of hydrogen-bond acceptors (Lipinski definition) is 3. The third-order valence-corrected chi connectivity index (χ3v) is 3.11. The number of halogens is 19. The van der Waals surface area contributed by atoms with Crippen LogP contribution >= 0.6 is 0 Å². The quantitative estimate of drug-likeness (QED) is 0.248. The molecule has 1 aliphatic rings. The molecular weight excluding hydrogens is 515 g/mol. The van der Waals surface area contributed by atoms with Crippen molar-refractivity contribution in [2.24, 2.45) is 0 Å². The summed E-state index contributed by atoms with van der Waals surface area (Å²) in [6.07, 6.45) is -36.9. The molecule has 31 heavy (non-hydrogen) atoms. The number of hydrogen-bond donors (Lipinski definition) is 0. The van der Waals surface area contributed by atoms with Gasteiger partial charge in [0, 0.05) is 0 Å². The Kier molecular flexibility index (Phi) is 5.82. The molecule has 1 rings (SSSR count). The van der Waals surface area contributed by atoms with Gasteiger partial charge in [0.25, 0.3) is 0 Å². The van der Waals surface area contributed by atoms with Crippen LogP contribution in [0.1, 0.15) is 0 Å². The van der Waals surface area contributed by atoms with Crippen molar-refractivity contribution in [3.05, 3.63) is 0 Å². The average molecular weight is 515 g/mol. The van der Waals surface area contributed by atoms with Crippen LogP contribution in [0.4, 0.5) is 83.4 Å². The van der Waals surface area contributed by atoms with E-state index in [-0.39, 0.29) is 0 Å². The second-order valence-corrected chi connectivity index (χ2v) is 5.30. The highest BCUT2D eigenvalue weighted by atomic mass is 19.4. The summed E-state index contributed by atoms with van der Waals surface area (Å²) in [5, 5.41) is 0. The molecule has 1 fully saturated rings. The van der Waals surface area contributed by atoms with Crippen molar-refractivity contribution in [2.75, 3.05) is 0 Å². The van der Waals surface area contributed by atoms with Crippen LogP contribution in [0.2, 0.25) is 0 Å². The molecule has 22 heteroatoms. The first-order valence-electron chi connectivity index (χ1n) is 6.33. The van der Waals surface area contributed by atoms with Crippen LogP contribution in [0.3, 0.4) is 0 Å². The number of epoxide rings is 1. The zero-order chi connectivity index (χ0) is 25.5.